The first kappa shape index (κ1) is 11.4. The monoisotopic (exact) mass is 211 g/mol. The molecule has 0 amide bonds. The molecule has 2 saturated carbocycles. The maximum atomic E-state index is 9.08. The Morgan fingerprint density at radius 2 is 2.13 bits per heavy atom. The third kappa shape index (κ3) is 2.73. The fourth-order valence-electron chi connectivity index (χ4n) is 2.92. The first-order valence-electron chi connectivity index (χ1n) is 6.64. The van der Waals surface area contributed by atoms with Crippen LogP contribution in [0.2, 0.25) is 0 Å². The predicted octanol–water partition coefficient (Wildman–Crippen LogP) is 2.32. The first-order valence-corrected chi connectivity index (χ1v) is 6.64. The topological polar surface area (TPSA) is 32.3 Å². The lowest BCUT2D eigenvalue weighted by atomic mass is 9.66. The van der Waals surface area contributed by atoms with Crippen molar-refractivity contribution in [3.63, 3.8) is 0 Å². The summed E-state index contributed by atoms with van der Waals surface area (Å²) in [6.45, 7) is 3.79. The second-order valence-electron chi connectivity index (χ2n) is 5.56. The van der Waals surface area contributed by atoms with E-state index in [1.807, 2.05) is 0 Å². The van der Waals surface area contributed by atoms with Crippen molar-refractivity contribution in [1.29, 1.82) is 0 Å². The Labute approximate surface area is 93.5 Å². The molecule has 0 spiro atoms. The summed E-state index contributed by atoms with van der Waals surface area (Å²) in [7, 11) is 0. The molecule has 2 heteroatoms. The van der Waals surface area contributed by atoms with Crippen LogP contribution in [0.3, 0.4) is 0 Å². The van der Waals surface area contributed by atoms with E-state index >= 15 is 0 Å². The number of hydrogen-bond donors (Lipinski definition) is 2. The van der Waals surface area contributed by atoms with E-state index in [0.717, 1.165) is 24.9 Å². The Bertz CT molecular complexity index is 197. The van der Waals surface area contributed by atoms with Crippen molar-refractivity contribution in [2.24, 2.45) is 11.3 Å². The summed E-state index contributed by atoms with van der Waals surface area (Å²) in [6.07, 6.45) is 9.13. The lowest BCUT2D eigenvalue weighted by molar-refractivity contribution is 0.0814. The normalized spacial score (nSPS) is 26.0. The molecular weight excluding hydrogens is 186 g/mol. The van der Waals surface area contributed by atoms with Crippen LogP contribution in [0.5, 0.6) is 0 Å². The van der Waals surface area contributed by atoms with Gasteiger partial charge in [0, 0.05) is 19.2 Å². The van der Waals surface area contributed by atoms with E-state index in [9.17, 15) is 0 Å². The van der Waals surface area contributed by atoms with Crippen LogP contribution >= 0.6 is 0 Å². The SMILES string of the molecule is CCC(NCC1(CCO)CCC1)C1CC1. The maximum absolute atomic E-state index is 9.08. The number of aliphatic hydroxyl groups is 1. The zero-order valence-corrected chi connectivity index (χ0v) is 9.97. The van der Waals surface area contributed by atoms with Gasteiger partial charge in [-0.25, -0.2) is 0 Å². The molecule has 0 radical (unpaired) electrons. The molecule has 2 aliphatic rings. The van der Waals surface area contributed by atoms with E-state index in [1.165, 1.54) is 38.5 Å². The zero-order valence-electron chi connectivity index (χ0n) is 9.97. The van der Waals surface area contributed by atoms with Crippen LogP contribution in [0.4, 0.5) is 0 Å². The van der Waals surface area contributed by atoms with E-state index in [4.69, 9.17) is 5.11 Å². The van der Waals surface area contributed by atoms with Crippen molar-refractivity contribution in [1.82, 2.24) is 5.32 Å². The van der Waals surface area contributed by atoms with Gasteiger partial charge in [0.2, 0.25) is 0 Å². The van der Waals surface area contributed by atoms with Crippen molar-refractivity contribution in [3.8, 4) is 0 Å². The lowest BCUT2D eigenvalue weighted by Crippen LogP contribution is -2.44. The highest BCUT2D eigenvalue weighted by atomic mass is 16.3. The quantitative estimate of drug-likeness (QED) is 0.677. The Morgan fingerprint density at radius 1 is 1.40 bits per heavy atom. The van der Waals surface area contributed by atoms with Crippen molar-refractivity contribution < 1.29 is 5.11 Å². The van der Waals surface area contributed by atoms with Gasteiger partial charge in [0.25, 0.3) is 0 Å². The van der Waals surface area contributed by atoms with Gasteiger partial charge in [0.1, 0.15) is 0 Å². The molecule has 1 unspecified atom stereocenters. The summed E-state index contributed by atoms with van der Waals surface area (Å²) in [6, 6.07) is 0.751. The molecule has 2 fully saturated rings. The van der Waals surface area contributed by atoms with Crippen LogP contribution in [0.1, 0.15) is 51.9 Å². The molecule has 0 bridgehead atoms. The molecule has 88 valence electrons. The van der Waals surface area contributed by atoms with Crippen molar-refractivity contribution in [3.05, 3.63) is 0 Å². The van der Waals surface area contributed by atoms with Gasteiger partial charge in [0.05, 0.1) is 0 Å². The molecule has 2 rings (SSSR count). The van der Waals surface area contributed by atoms with Crippen LogP contribution in [0.25, 0.3) is 0 Å². The average molecular weight is 211 g/mol. The van der Waals surface area contributed by atoms with Gasteiger partial charge in [-0.15, -0.1) is 0 Å². The van der Waals surface area contributed by atoms with Gasteiger partial charge in [-0.2, -0.15) is 0 Å². The number of rotatable bonds is 7. The second-order valence-corrected chi connectivity index (χ2v) is 5.56. The average Bonchev–Trinajstić information content (AvgIpc) is 2.98. The van der Waals surface area contributed by atoms with Crippen molar-refractivity contribution in [2.45, 2.75) is 57.9 Å². The summed E-state index contributed by atoms with van der Waals surface area (Å²) in [5.74, 6) is 0.959. The Morgan fingerprint density at radius 3 is 2.53 bits per heavy atom. The number of aliphatic hydroxyl groups excluding tert-OH is 1. The maximum Gasteiger partial charge on any atom is 0.0436 e. The molecule has 0 aliphatic heterocycles. The van der Waals surface area contributed by atoms with E-state index in [1.54, 1.807) is 0 Å². The Hall–Kier alpha value is -0.0800. The molecule has 15 heavy (non-hydrogen) atoms. The Kier molecular flexibility index (Phi) is 3.68. The summed E-state index contributed by atoms with van der Waals surface area (Å²) in [4.78, 5) is 0. The van der Waals surface area contributed by atoms with E-state index in [2.05, 4.69) is 12.2 Å². The molecule has 0 aromatic heterocycles. The van der Waals surface area contributed by atoms with Crippen molar-refractivity contribution in [2.75, 3.05) is 13.2 Å². The van der Waals surface area contributed by atoms with Crippen LogP contribution < -0.4 is 5.32 Å². The highest BCUT2D eigenvalue weighted by Crippen LogP contribution is 2.43. The molecule has 2 nitrogen and oxygen atoms in total. The minimum atomic E-state index is 0.363. The summed E-state index contributed by atoms with van der Waals surface area (Å²) >= 11 is 0. The molecule has 1 atom stereocenters. The standard InChI is InChI=1S/C13H25NO/c1-2-12(11-4-5-11)14-10-13(8-9-15)6-3-7-13/h11-12,14-15H,2-10H2,1H3. The zero-order chi connectivity index (χ0) is 10.7. The van der Waals surface area contributed by atoms with Crippen LogP contribution in [0, 0.1) is 11.3 Å². The molecule has 0 aromatic rings. The highest BCUT2D eigenvalue weighted by Gasteiger charge is 2.38. The summed E-state index contributed by atoms with van der Waals surface area (Å²) in [5, 5.41) is 12.8. The summed E-state index contributed by atoms with van der Waals surface area (Å²) in [5.41, 5.74) is 0.455. The lowest BCUT2D eigenvalue weighted by Gasteiger charge is -2.43. The minimum Gasteiger partial charge on any atom is -0.396 e. The molecule has 0 aromatic carbocycles. The molecule has 0 heterocycles. The van der Waals surface area contributed by atoms with Crippen LogP contribution in [-0.2, 0) is 0 Å². The van der Waals surface area contributed by atoms with Gasteiger partial charge < -0.3 is 10.4 Å². The van der Waals surface area contributed by atoms with Gasteiger partial charge in [-0.1, -0.05) is 13.3 Å². The van der Waals surface area contributed by atoms with Crippen molar-refractivity contribution >= 4 is 0 Å². The first-order chi connectivity index (χ1) is 7.29. The van der Waals surface area contributed by atoms with Crippen LogP contribution in [0.15, 0.2) is 0 Å². The molecular formula is C13H25NO. The van der Waals surface area contributed by atoms with E-state index < -0.39 is 0 Å². The summed E-state index contributed by atoms with van der Waals surface area (Å²) < 4.78 is 0. The largest absolute Gasteiger partial charge is 0.396 e. The van der Waals surface area contributed by atoms with E-state index in [-0.39, 0.29) is 0 Å². The van der Waals surface area contributed by atoms with Gasteiger partial charge >= 0.3 is 0 Å². The number of nitrogens with one attached hydrogen (secondary N) is 1. The molecule has 2 aliphatic carbocycles. The van der Waals surface area contributed by atoms with Crippen LogP contribution in [-0.4, -0.2) is 24.3 Å². The third-order valence-electron chi connectivity index (χ3n) is 4.43. The fraction of sp³-hybridized carbons (Fsp3) is 1.00. The fourth-order valence-corrected chi connectivity index (χ4v) is 2.92. The third-order valence-corrected chi connectivity index (χ3v) is 4.43. The molecule has 2 N–H and O–H groups in total. The Balaban J connectivity index is 1.74. The molecule has 0 saturated heterocycles. The van der Waals surface area contributed by atoms with Gasteiger partial charge in [-0.05, 0) is 49.9 Å². The highest BCUT2D eigenvalue weighted by molar-refractivity contribution is 4.92. The predicted molar refractivity (Wildman–Crippen MR) is 62.8 cm³/mol. The van der Waals surface area contributed by atoms with E-state index in [0.29, 0.717) is 12.0 Å². The van der Waals surface area contributed by atoms with Gasteiger partial charge in [0.15, 0.2) is 0 Å². The van der Waals surface area contributed by atoms with Gasteiger partial charge in [-0.3, -0.25) is 0 Å². The minimum absolute atomic E-state index is 0.363. The number of hydrogen-bond acceptors (Lipinski definition) is 2. The smallest absolute Gasteiger partial charge is 0.0436 e. The second kappa shape index (κ2) is 4.84.